The number of aromatic nitrogens is 1. The third-order valence-corrected chi connectivity index (χ3v) is 6.50. The van der Waals surface area contributed by atoms with Crippen LogP contribution in [0.5, 0.6) is 0 Å². The van der Waals surface area contributed by atoms with E-state index in [1.54, 1.807) is 24.5 Å². The van der Waals surface area contributed by atoms with Crippen LogP contribution in [0, 0.1) is 11.8 Å². The van der Waals surface area contributed by atoms with Crippen molar-refractivity contribution in [2.75, 3.05) is 24.2 Å². The molecule has 0 aromatic carbocycles. The number of sulfonamides is 1. The molecule has 0 aliphatic carbocycles. The number of amides is 1. The molecule has 3 rings (SSSR count). The molecular weight excluding hydrogens is 330 g/mol. The van der Waals surface area contributed by atoms with E-state index in [-0.39, 0.29) is 42.2 Å². The molecule has 2 aliphatic heterocycles. The molecule has 0 saturated carbocycles. The van der Waals surface area contributed by atoms with Gasteiger partial charge < -0.3 is 10.1 Å². The minimum Gasteiger partial charge on any atom is -0.371 e. The highest BCUT2D eigenvalue weighted by molar-refractivity contribution is 7.89. The fourth-order valence-electron chi connectivity index (χ4n) is 3.32. The largest absolute Gasteiger partial charge is 0.371 e. The molecule has 7 nitrogen and oxygen atoms in total. The van der Waals surface area contributed by atoms with Gasteiger partial charge in [-0.3, -0.25) is 9.78 Å². The van der Waals surface area contributed by atoms with Gasteiger partial charge in [0.1, 0.15) is 0 Å². The molecule has 24 heavy (non-hydrogen) atoms. The van der Waals surface area contributed by atoms with Crippen molar-refractivity contribution in [3.8, 4) is 0 Å². The zero-order chi connectivity index (χ0) is 17.3. The molecule has 2 bridgehead atoms. The minimum atomic E-state index is -3.30. The molecule has 0 unspecified atom stereocenters. The number of hydrogen-bond donors (Lipinski definition) is 1. The Bertz CT molecular complexity index is 693. The second-order valence-corrected chi connectivity index (χ2v) is 8.87. The maximum Gasteiger partial charge on any atom is 0.230 e. The Morgan fingerprint density at radius 3 is 2.92 bits per heavy atom. The zero-order valence-corrected chi connectivity index (χ0v) is 14.7. The van der Waals surface area contributed by atoms with Crippen molar-refractivity contribution in [1.82, 2.24) is 9.29 Å². The standard InChI is InChI=1S/C16H23N3O4S/c1-11(2)10-24(21,22)19-8-13-6-14(15(9-19)23-13)16(20)18-12-4-3-5-17-7-12/h3-5,7,11,13-15H,6,8-10H2,1-2H3,(H,18,20)/t13-,14-,15-/m0/s1. The van der Waals surface area contributed by atoms with Crippen LogP contribution >= 0.6 is 0 Å². The van der Waals surface area contributed by atoms with Crippen LogP contribution < -0.4 is 5.32 Å². The second kappa shape index (κ2) is 6.78. The number of carbonyl (C=O) groups is 1. The van der Waals surface area contributed by atoms with Crippen LogP contribution in [0.4, 0.5) is 5.69 Å². The van der Waals surface area contributed by atoms with Gasteiger partial charge in [-0.25, -0.2) is 8.42 Å². The minimum absolute atomic E-state index is 0.0696. The summed E-state index contributed by atoms with van der Waals surface area (Å²) in [5.74, 6) is -0.285. The Morgan fingerprint density at radius 1 is 1.46 bits per heavy atom. The fourth-order valence-corrected chi connectivity index (χ4v) is 5.14. The highest BCUT2D eigenvalue weighted by Crippen LogP contribution is 2.34. The molecule has 2 fully saturated rings. The first-order valence-corrected chi connectivity index (χ1v) is 9.80. The molecule has 1 amide bonds. The Labute approximate surface area is 142 Å². The van der Waals surface area contributed by atoms with E-state index in [2.05, 4.69) is 10.3 Å². The molecule has 0 radical (unpaired) electrons. The van der Waals surface area contributed by atoms with Crippen molar-refractivity contribution in [2.24, 2.45) is 11.8 Å². The van der Waals surface area contributed by atoms with E-state index in [4.69, 9.17) is 4.74 Å². The van der Waals surface area contributed by atoms with Gasteiger partial charge in [0.15, 0.2) is 0 Å². The molecule has 1 aromatic heterocycles. The molecule has 8 heteroatoms. The molecule has 132 valence electrons. The van der Waals surface area contributed by atoms with E-state index < -0.39 is 10.0 Å². The van der Waals surface area contributed by atoms with Crippen molar-refractivity contribution in [3.05, 3.63) is 24.5 Å². The summed E-state index contributed by atoms with van der Waals surface area (Å²) in [7, 11) is -3.30. The van der Waals surface area contributed by atoms with Gasteiger partial charge in [0.2, 0.25) is 15.9 Å². The summed E-state index contributed by atoms with van der Waals surface area (Å²) in [6, 6.07) is 3.52. The van der Waals surface area contributed by atoms with Crippen LogP contribution in [0.2, 0.25) is 0 Å². The van der Waals surface area contributed by atoms with Gasteiger partial charge in [0.05, 0.1) is 35.8 Å². The van der Waals surface area contributed by atoms with E-state index in [1.807, 2.05) is 13.8 Å². The number of rotatable bonds is 5. The maximum atomic E-state index is 12.5. The number of anilines is 1. The predicted molar refractivity (Wildman–Crippen MR) is 89.8 cm³/mol. The van der Waals surface area contributed by atoms with E-state index in [0.717, 1.165) is 0 Å². The number of carbonyl (C=O) groups excluding carboxylic acids is 1. The summed E-state index contributed by atoms with van der Waals surface area (Å²) in [6.07, 6.45) is 3.17. The Balaban J connectivity index is 1.67. The lowest BCUT2D eigenvalue weighted by atomic mass is 9.99. The van der Waals surface area contributed by atoms with E-state index >= 15 is 0 Å². The smallest absolute Gasteiger partial charge is 0.230 e. The number of nitrogens with zero attached hydrogens (tertiary/aromatic N) is 2. The fraction of sp³-hybridized carbons (Fsp3) is 0.625. The molecule has 1 N–H and O–H groups in total. The van der Waals surface area contributed by atoms with Crippen LogP contribution in [0.25, 0.3) is 0 Å². The first-order valence-electron chi connectivity index (χ1n) is 8.19. The summed E-state index contributed by atoms with van der Waals surface area (Å²) >= 11 is 0. The van der Waals surface area contributed by atoms with Crippen LogP contribution in [0.15, 0.2) is 24.5 Å². The lowest BCUT2D eigenvalue weighted by molar-refractivity contribution is -0.122. The van der Waals surface area contributed by atoms with Gasteiger partial charge in [-0.2, -0.15) is 4.31 Å². The lowest BCUT2D eigenvalue weighted by Gasteiger charge is -2.32. The van der Waals surface area contributed by atoms with Gasteiger partial charge >= 0.3 is 0 Å². The number of fused-ring (bicyclic) bond motifs is 2. The molecule has 1 aromatic rings. The summed E-state index contributed by atoms with van der Waals surface area (Å²) < 4.78 is 32.2. The average molecular weight is 353 g/mol. The highest BCUT2D eigenvalue weighted by Gasteiger charge is 2.47. The summed E-state index contributed by atoms with van der Waals surface area (Å²) in [4.78, 5) is 16.5. The molecule has 2 saturated heterocycles. The van der Waals surface area contributed by atoms with Crippen molar-refractivity contribution in [3.63, 3.8) is 0 Å². The van der Waals surface area contributed by atoms with Gasteiger partial charge in [0, 0.05) is 19.3 Å². The monoisotopic (exact) mass is 353 g/mol. The average Bonchev–Trinajstić information content (AvgIpc) is 2.81. The van der Waals surface area contributed by atoms with Crippen molar-refractivity contribution in [2.45, 2.75) is 32.5 Å². The number of nitrogens with one attached hydrogen (secondary N) is 1. The van der Waals surface area contributed by atoms with Crippen LogP contribution in [0.1, 0.15) is 20.3 Å². The van der Waals surface area contributed by atoms with Gasteiger partial charge in [-0.05, 0) is 24.5 Å². The van der Waals surface area contributed by atoms with Gasteiger partial charge in [-0.1, -0.05) is 13.8 Å². The Hall–Kier alpha value is -1.51. The summed E-state index contributed by atoms with van der Waals surface area (Å²) in [5.41, 5.74) is 0.633. The summed E-state index contributed by atoms with van der Waals surface area (Å²) in [6.45, 7) is 4.35. The van der Waals surface area contributed by atoms with Gasteiger partial charge in [-0.15, -0.1) is 0 Å². The normalized spacial score (nSPS) is 27.4. The van der Waals surface area contributed by atoms with Crippen molar-refractivity contribution < 1.29 is 17.9 Å². The maximum absolute atomic E-state index is 12.5. The van der Waals surface area contributed by atoms with Crippen LogP contribution in [-0.4, -0.2) is 54.7 Å². The molecule has 0 spiro atoms. The molecule has 2 aliphatic rings. The first kappa shape index (κ1) is 17.3. The van der Waals surface area contributed by atoms with E-state index in [0.29, 0.717) is 18.7 Å². The number of ether oxygens (including phenoxy) is 1. The van der Waals surface area contributed by atoms with E-state index in [1.165, 1.54) is 4.31 Å². The highest BCUT2D eigenvalue weighted by atomic mass is 32.2. The number of pyridine rings is 1. The zero-order valence-electron chi connectivity index (χ0n) is 13.9. The number of morpholine rings is 1. The van der Waals surface area contributed by atoms with E-state index in [9.17, 15) is 13.2 Å². The topological polar surface area (TPSA) is 88.6 Å². The summed E-state index contributed by atoms with van der Waals surface area (Å²) in [5, 5.41) is 2.83. The van der Waals surface area contributed by atoms with Crippen molar-refractivity contribution in [1.29, 1.82) is 0 Å². The SMILES string of the molecule is CC(C)CS(=O)(=O)N1C[C@@H]2C[C@H](C(=O)Nc3cccnc3)[C@H](C1)O2. The molecular formula is C16H23N3O4S. The number of hydrogen-bond acceptors (Lipinski definition) is 5. The van der Waals surface area contributed by atoms with Crippen LogP contribution in [-0.2, 0) is 19.6 Å². The lowest BCUT2D eigenvalue weighted by Crippen LogP contribution is -2.48. The molecule has 3 atom stereocenters. The van der Waals surface area contributed by atoms with Crippen LogP contribution in [0.3, 0.4) is 0 Å². The third-order valence-electron chi connectivity index (χ3n) is 4.33. The van der Waals surface area contributed by atoms with Gasteiger partial charge in [0.25, 0.3) is 0 Å². The quantitative estimate of drug-likeness (QED) is 0.856. The second-order valence-electron chi connectivity index (χ2n) is 6.86. The molecule has 3 heterocycles. The first-order chi connectivity index (χ1) is 11.3. The predicted octanol–water partition coefficient (Wildman–Crippen LogP) is 1.10. The third kappa shape index (κ3) is 3.76. The Morgan fingerprint density at radius 2 is 2.25 bits per heavy atom. The van der Waals surface area contributed by atoms with Crippen molar-refractivity contribution >= 4 is 21.6 Å². The Kier molecular flexibility index (Phi) is 4.89.